The molecule has 0 aliphatic carbocycles. The second-order valence-corrected chi connectivity index (χ2v) is 11.8. The highest BCUT2D eigenvalue weighted by Gasteiger charge is 2.49. The van der Waals surface area contributed by atoms with Crippen LogP contribution in [-0.4, -0.2) is 94.2 Å². The molecule has 5 heterocycles. The zero-order valence-electron chi connectivity index (χ0n) is 24.6. The summed E-state index contributed by atoms with van der Waals surface area (Å²) in [6.07, 6.45) is -1.50. The van der Waals surface area contributed by atoms with Crippen LogP contribution in [0.1, 0.15) is 6.42 Å². The number of nitriles is 1. The molecule has 0 radical (unpaired) electrons. The predicted octanol–water partition coefficient (Wildman–Crippen LogP) is 4.10. The van der Waals surface area contributed by atoms with Crippen LogP contribution in [0.4, 0.5) is 19.0 Å². The number of benzene rings is 2. The highest BCUT2D eigenvalue weighted by Crippen LogP contribution is 2.39. The molecule has 1 N–H and O–H groups in total. The van der Waals surface area contributed by atoms with Gasteiger partial charge in [-0.15, -0.1) is 0 Å². The minimum Gasteiger partial charge on any atom is -0.455 e. The standard InChI is InChI=1S/C32H26ClF3N6O5/c1-15(34)31(44)42-10-9-41(12-17(42)7-8-37)30-19-11-38-26(18-4-2-3-16-5-6-20(35)24(33)23(16)18)25(36)27(19)39-32(40-30)47-22-14-46-28-21(43)13-45-29(22)28/h2-6,11,17,21-22,28-29,43H,1,7,9-10,12-14H2/t17-,21+,22+,28+,29+/m0/s1. The van der Waals surface area contributed by atoms with Gasteiger partial charge in [-0.2, -0.15) is 15.2 Å². The van der Waals surface area contributed by atoms with Crippen LogP contribution < -0.4 is 9.64 Å². The van der Waals surface area contributed by atoms with Crippen molar-refractivity contribution in [2.24, 2.45) is 0 Å². The van der Waals surface area contributed by atoms with Crippen LogP contribution in [0.15, 0.2) is 48.9 Å². The maximum Gasteiger partial charge on any atom is 0.319 e. The first-order chi connectivity index (χ1) is 22.7. The number of carbonyl (C=O) groups is 1. The molecule has 4 aromatic rings. The Hall–Kier alpha value is -4.55. The number of aromatic nitrogens is 3. The predicted molar refractivity (Wildman–Crippen MR) is 163 cm³/mol. The van der Waals surface area contributed by atoms with Gasteiger partial charge in [-0.1, -0.05) is 42.4 Å². The summed E-state index contributed by atoms with van der Waals surface area (Å²) < 4.78 is 62.5. The number of piperazine rings is 1. The lowest BCUT2D eigenvalue weighted by Crippen LogP contribution is -2.55. The molecule has 5 atom stereocenters. The number of fused-ring (bicyclic) bond motifs is 3. The number of halogens is 4. The van der Waals surface area contributed by atoms with E-state index in [0.717, 1.165) is 0 Å². The van der Waals surface area contributed by atoms with Crippen molar-refractivity contribution in [3.05, 3.63) is 65.6 Å². The van der Waals surface area contributed by atoms with Crippen molar-refractivity contribution in [3.63, 3.8) is 0 Å². The molecule has 0 saturated carbocycles. The Balaban J connectivity index is 1.35. The second-order valence-electron chi connectivity index (χ2n) is 11.5. The fraction of sp³-hybridized carbons (Fsp3) is 0.344. The van der Waals surface area contributed by atoms with E-state index in [9.17, 15) is 23.9 Å². The number of aliphatic hydroxyl groups excluding tert-OH is 1. The minimum absolute atomic E-state index is 0.0236. The summed E-state index contributed by atoms with van der Waals surface area (Å²) in [5.41, 5.74) is -0.0751. The second kappa shape index (κ2) is 12.2. The van der Waals surface area contributed by atoms with Crippen molar-refractivity contribution >= 4 is 45.0 Å². The third-order valence-corrected chi connectivity index (χ3v) is 9.04. The quantitative estimate of drug-likeness (QED) is 0.300. The van der Waals surface area contributed by atoms with E-state index in [4.69, 9.17) is 25.8 Å². The van der Waals surface area contributed by atoms with Crippen LogP contribution in [0.5, 0.6) is 6.01 Å². The summed E-state index contributed by atoms with van der Waals surface area (Å²) in [6, 6.07) is 8.79. The maximum absolute atomic E-state index is 16.7. The first-order valence-corrected chi connectivity index (χ1v) is 15.1. The molecular formula is C32H26ClF3N6O5. The molecule has 3 aliphatic heterocycles. The molecule has 2 aromatic carbocycles. The van der Waals surface area contributed by atoms with Crippen molar-refractivity contribution in [2.75, 3.05) is 37.7 Å². The number of anilines is 1. The van der Waals surface area contributed by atoms with Gasteiger partial charge in [0.1, 0.15) is 41.2 Å². The van der Waals surface area contributed by atoms with Crippen LogP contribution >= 0.6 is 11.6 Å². The number of ether oxygens (including phenoxy) is 3. The molecule has 3 saturated heterocycles. The van der Waals surface area contributed by atoms with Gasteiger partial charge in [-0.25, -0.2) is 13.2 Å². The Morgan fingerprint density at radius 1 is 1.17 bits per heavy atom. The summed E-state index contributed by atoms with van der Waals surface area (Å²) >= 11 is 6.35. The van der Waals surface area contributed by atoms with Gasteiger partial charge in [-0.05, 0) is 11.5 Å². The van der Waals surface area contributed by atoms with E-state index in [1.54, 1.807) is 23.1 Å². The van der Waals surface area contributed by atoms with E-state index in [1.165, 1.54) is 23.2 Å². The number of pyridine rings is 1. The maximum atomic E-state index is 16.7. The smallest absolute Gasteiger partial charge is 0.319 e. The van der Waals surface area contributed by atoms with Gasteiger partial charge in [0.25, 0.3) is 5.91 Å². The highest BCUT2D eigenvalue weighted by atomic mass is 35.5. The SMILES string of the molecule is C=C(F)C(=O)N1CCN(c2nc(O[C@@H]3CO[C@H]4[C@@H]3OC[C@H]4O)nc3c(F)c(-c4cccc5ccc(F)c(Cl)c45)ncc23)C[C@@H]1CC#N. The van der Waals surface area contributed by atoms with Gasteiger partial charge in [0, 0.05) is 36.8 Å². The van der Waals surface area contributed by atoms with Crippen molar-refractivity contribution in [1.29, 1.82) is 5.26 Å². The molecule has 0 unspecified atom stereocenters. The molecule has 47 heavy (non-hydrogen) atoms. The van der Waals surface area contributed by atoms with Crippen LogP contribution in [0.3, 0.4) is 0 Å². The van der Waals surface area contributed by atoms with Crippen LogP contribution in [0.2, 0.25) is 5.02 Å². The molecule has 2 aromatic heterocycles. The Labute approximate surface area is 270 Å². The largest absolute Gasteiger partial charge is 0.455 e. The Bertz CT molecular complexity index is 1980. The van der Waals surface area contributed by atoms with Crippen molar-refractivity contribution in [1.82, 2.24) is 19.9 Å². The third kappa shape index (κ3) is 5.39. The molecule has 0 bridgehead atoms. The number of rotatable bonds is 6. The van der Waals surface area contributed by atoms with E-state index >= 15 is 4.39 Å². The molecule has 11 nitrogen and oxygen atoms in total. The van der Waals surface area contributed by atoms with Gasteiger partial charge >= 0.3 is 6.01 Å². The van der Waals surface area contributed by atoms with E-state index in [-0.39, 0.29) is 83.7 Å². The first kappa shape index (κ1) is 31.1. The number of aliphatic hydroxyl groups is 1. The van der Waals surface area contributed by atoms with Crippen LogP contribution in [0, 0.1) is 23.0 Å². The van der Waals surface area contributed by atoms with Gasteiger partial charge in [0.2, 0.25) is 0 Å². The molecule has 0 spiro atoms. The summed E-state index contributed by atoms with van der Waals surface area (Å²) in [4.78, 5) is 28.9. The van der Waals surface area contributed by atoms with Gasteiger partial charge < -0.3 is 29.1 Å². The Morgan fingerprint density at radius 3 is 2.77 bits per heavy atom. The van der Waals surface area contributed by atoms with Crippen LogP contribution in [-0.2, 0) is 14.3 Å². The fourth-order valence-corrected chi connectivity index (χ4v) is 6.72. The molecular weight excluding hydrogens is 641 g/mol. The summed E-state index contributed by atoms with van der Waals surface area (Å²) in [5, 5.41) is 20.5. The summed E-state index contributed by atoms with van der Waals surface area (Å²) in [7, 11) is 0. The Morgan fingerprint density at radius 2 is 1.98 bits per heavy atom. The van der Waals surface area contributed by atoms with Gasteiger partial charge in [0.05, 0.1) is 42.2 Å². The topological polar surface area (TPSA) is 134 Å². The Kier molecular flexibility index (Phi) is 8.09. The number of hydrogen-bond donors (Lipinski definition) is 1. The molecule has 3 aliphatic rings. The lowest BCUT2D eigenvalue weighted by molar-refractivity contribution is -0.131. The van der Waals surface area contributed by atoms with E-state index in [1.807, 2.05) is 6.07 Å². The zero-order chi connectivity index (χ0) is 33.0. The van der Waals surface area contributed by atoms with Gasteiger partial charge in [0.15, 0.2) is 17.7 Å². The summed E-state index contributed by atoms with van der Waals surface area (Å²) in [6.45, 7) is 3.43. The monoisotopic (exact) mass is 666 g/mol. The molecule has 242 valence electrons. The lowest BCUT2D eigenvalue weighted by Gasteiger charge is -2.41. The number of amides is 1. The summed E-state index contributed by atoms with van der Waals surface area (Å²) in [5.74, 6) is -3.40. The number of carbonyl (C=O) groups excluding carboxylic acids is 1. The number of hydrogen-bond acceptors (Lipinski definition) is 10. The molecule has 3 fully saturated rings. The lowest BCUT2D eigenvalue weighted by atomic mass is 10.0. The van der Waals surface area contributed by atoms with Gasteiger partial charge in [-0.3, -0.25) is 9.78 Å². The highest BCUT2D eigenvalue weighted by molar-refractivity contribution is 6.36. The van der Waals surface area contributed by atoms with E-state index in [2.05, 4.69) is 21.5 Å². The molecule has 15 heteroatoms. The van der Waals surface area contributed by atoms with E-state index < -0.39 is 53.8 Å². The number of nitrogens with zero attached hydrogens (tertiary/aromatic N) is 6. The normalized spacial score (nSPS) is 24.0. The minimum atomic E-state index is -1.15. The van der Waals surface area contributed by atoms with Crippen molar-refractivity contribution in [2.45, 2.75) is 36.9 Å². The van der Waals surface area contributed by atoms with Crippen molar-refractivity contribution in [3.8, 4) is 23.3 Å². The third-order valence-electron chi connectivity index (χ3n) is 8.67. The van der Waals surface area contributed by atoms with E-state index in [0.29, 0.717) is 5.39 Å². The molecule has 7 rings (SSSR count). The average Bonchev–Trinajstić information content (AvgIpc) is 3.64. The first-order valence-electron chi connectivity index (χ1n) is 14.7. The molecule has 1 amide bonds. The van der Waals surface area contributed by atoms with Crippen molar-refractivity contribution < 1.29 is 37.3 Å². The van der Waals surface area contributed by atoms with Crippen LogP contribution in [0.25, 0.3) is 32.9 Å². The average molecular weight is 667 g/mol. The zero-order valence-corrected chi connectivity index (χ0v) is 25.3. The fourth-order valence-electron chi connectivity index (χ4n) is 6.44.